The van der Waals surface area contributed by atoms with Gasteiger partial charge in [-0.15, -0.1) is 0 Å². The molecule has 0 bridgehead atoms. The number of phenolic OH excluding ortho intramolecular Hbond substituents is 1. The normalized spacial score (nSPS) is 11.4. The number of sulfonamides is 1. The molecule has 9 nitrogen and oxygen atoms in total. The lowest BCUT2D eigenvalue weighted by Crippen LogP contribution is -2.39. The summed E-state index contributed by atoms with van der Waals surface area (Å²) in [5.74, 6) is -0.874. The maximum absolute atomic E-state index is 13.6. The Morgan fingerprint density at radius 2 is 1.71 bits per heavy atom. The molecule has 0 fully saturated rings. The van der Waals surface area contributed by atoms with Gasteiger partial charge in [0.2, 0.25) is 0 Å². The number of hydrogen-bond acceptors (Lipinski definition) is 7. The van der Waals surface area contributed by atoms with E-state index in [1.165, 1.54) is 56.8 Å². The van der Waals surface area contributed by atoms with E-state index < -0.39 is 28.3 Å². The standard InChI is InChI=1S/C27H24FN3O6S/c1-36-25-14-12-21(15-26(25)37-2)38(34,35)31(20-10-8-19(28)9-11-20)17-27(33)30-29-16-23-22-6-4-3-5-18(22)7-13-24(23)32/h3-16,32H,17H2,1-2H3,(H,30,33)/b29-16-. The Morgan fingerprint density at radius 3 is 2.42 bits per heavy atom. The van der Waals surface area contributed by atoms with Gasteiger partial charge in [-0.05, 0) is 53.2 Å². The van der Waals surface area contributed by atoms with Crippen molar-refractivity contribution in [2.45, 2.75) is 4.90 Å². The molecule has 4 aromatic carbocycles. The number of phenols is 1. The van der Waals surface area contributed by atoms with E-state index in [2.05, 4.69) is 10.5 Å². The van der Waals surface area contributed by atoms with Gasteiger partial charge in [-0.3, -0.25) is 9.10 Å². The molecular formula is C27H24FN3O6S. The Kier molecular flexibility index (Phi) is 7.77. The third-order valence-corrected chi connectivity index (χ3v) is 7.45. The van der Waals surface area contributed by atoms with E-state index in [4.69, 9.17) is 9.47 Å². The van der Waals surface area contributed by atoms with E-state index in [1.54, 1.807) is 18.2 Å². The molecule has 0 atom stereocenters. The van der Waals surface area contributed by atoms with Gasteiger partial charge in [0, 0.05) is 11.6 Å². The van der Waals surface area contributed by atoms with Crippen LogP contribution < -0.4 is 19.2 Å². The number of halogens is 1. The van der Waals surface area contributed by atoms with Gasteiger partial charge in [-0.25, -0.2) is 18.2 Å². The summed E-state index contributed by atoms with van der Waals surface area (Å²) in [7, 11) is -1.53. The summed E-state index contributed by atoms with van der Waals surface area (Å²) >= 11 is 0. The lowest BCUT2D eigenvalue weighted by molar-refractivity contribution is -0.119. The van der Waals surface area contributed by atoms with E-state index in [9.17, 15) is 22.7 Å². The number of carbonyl (C=O) groups excluding carboxylic acids is 1. The number of nitrogens with one attached hydrogen (secondary N) is 1. The highest BCUT2D eigenvalue weighted by atomic mass is 32.2. The van der Waals surface area contributed by atoms with Crippen molar-refractivity contribution >= 4 is 38.6 Å². The van der Waals surface area contributed by atoms with Crippen LogP contribution in [-0.2, 0) is 14.8 Å². The van der Waals surface area contributed by atoms with Gasteiger partial charge < -0.3 is 14.6 Å². The number of anilines is 1. The largest absolute Gasteiger partial charge is 0.507 e. The van der Waals surface area contributed by atoms with Crippen molar-refractivity contribution in [3.63, 3.8) is 0 Å². The third-order valence-electron chi connectivity index (χ3n) is 5.68. The summed E-state index contributed by atoms with van der Waals surface area (Å²) in [6.45, 7) is -0.666. The van der Waals surface area contributed by atoms with E-state index in [1.807, 2.05) is 12.1 Å². The number of hydrogen-bond donors (Lipinski definition) is 2. The first kappa shape index (κ1) is 26.4. The van der Waals surface area contributed by atoms with Crippen molar-refractivity contribution in [1.82, 2.24) is 5.43 Å². The van der Waals surface area contributed by atoms with Gasteiger partial charge in [0.05, 0.1) is 31.0 Å². The minimum atomic E-state index is -4.31. The van der Waals surface area contributed by atoms with Gasteiger partial charge in [-0.1, -0.05) is 30.3 Å². The molecule has 0 unspecified atom stereocenters. The molecule has 0 aromatic heterocycles. The maximum Gasteiger partial charge on any atom is 0.264 e. The van der Waals surface area contributed by atoms with E-state index >= 15 is 0 Å². The fourth-order valence-corrected chi connectivity index (χ4v) is 5.22. The lowest BCUT2D eigenvalue weighted by Gasteiger charge is -2.24. The topological polar surface area (TPSA) is 118 Å². The highest BCUT2D eigenvalue weighted by molar-refractivity contribution is 7.92. The second kappa shape index (κ2) is 11.2. The van der Waals surface area contributed by atoms with E-state index in [-0.39, 0.29) is 22.1 Å². The molecule has 38 heavy (non-hydrogen) atoms. The van der Waals surface area contributed by atoms with Crippen molar-refractivity contribution < 1.29 is 32.2 Å². The molecule has 0 heterocycles. The quantitative estimate of drug-likeness (QED) is 0.246. The van der Waals surface area contributed by atoms with Crippen molar-refractivity contribution in [1.29, 1.82) is 0 Å². The number of rotatable bonds is 9. The molecule has 11 heteroatoms. The molecule has 4 rings (SSSR count). The molecule has 1 amide bonds. The number of amides is 1. The molecule has 4 aromatic rings. The fraction of sp³-hybridized carbons (Fsp3) is 0.111. The molecule has 196 valence electrons. The first-order valence-electron chi connectivity index (χ1n) is 11.3. The Morgan fingerprint density at radius 1 is 1.00 bits per heavy atom. The maximum atomic E-state index is 13.6. The number of fused-ring (bicyclic) bond motifs is 1. The highest BCUT2D eigenvalue weighted by Gasteiger charge is 2.28. The summed E-state index contributed by atoms with van der Waals surface area (Å²) < 4.78 is 52.0. The number of aromatic hydroxyl groups is 1. The van der Waals surface area contributed by atoms with E-state index in [0.717, 1.165) is 27.2 Å². The highest BCUT2D eigenvalue weighted by Crippen LogP contribution is 2.32. The molecule has 0 aliphatic rings. The van der Waals surface area contributed by atoms with Crippen LogP contribution in [0.4, 0.5) is 10.1 Å². The number of ether oxygens (including phenoxy) is 2. The number of carbonyl (C=O) groups is 1. The monoisotopic (exact) mass is 537 g/mol. The van der Waals surface area contributed by atoms with Crippen molar-refractivity contribution in [2.75, 3.05) is 25.1 Å². The SMILES string of the molecule is COc1ccc(S(=O)(=O)N(CC(=O)N/N=C\c2c(O)ccc3ccccc23)c2ccc(F)cc2)cc1OC. The lowest BCUT2D eigenvalue weighted by atomic mass is 10.0. The smallest absolute Gasteiger partial charge is 0.264 e. The van der Waals surface area contributed by atoms with Crippen LogP contribution in [-0.4, -0.2) is 46.4 Å². The van der Waals surface area contributed by atoms with Gasteiger partial charge in [-0.2, -0.15) is 5.10 Å². The van der Waals surface area contributed by atoms with E-state index in [0.29, 0.717) is 11.3 Å². The zero-order valence-electron chi connectivity index (χ0n) is 20.5. The van der Waals surface area contributed by atoms with Crippen LogP contribution in [0.1, 0.15) is 5.56 Å². The number of nitrogens with zero attached hydrogens (tertiary/aromatic N) is 2. The average molecular weight is 538 g/mol. The summed E-state index contributed by atoms with van der Waals surface area (Å²) in [6.07, 6.45) is 1.28. The van der Waals surface area contributed by atoms with Crippen LogP contribution >= 0.6 is 0 Å². The van der Waals surface area contributed by atoms with Crippen LogP contribution in [0.2, 0.25) is 0 Å². The molecule has 0 aliphatic heterocycles. The second-order valence-electron chi connectivity index (χ2n) is 8.02. The fourth-order valence-electron chi connectivity index (χ4n) is 3.78. The Bertz CT molecular complexity index is 1610. The van der Waals surface area contributed by atoms with Crippen molar-refractivity contribution in [2.24, 2.45) is 5.10 Å². The first-order valence-corrected chi connectivity index (χ1v) is 12.7. The van der Waals surface area contributed by atoms with Gasteiger partial charge in [0.15, 0.2) is 11.5 Å². The summed E-state index contributed by atoms with van der Waals surface area (Å²) in [4.78, 5) is 12.7. The van der Waals surface area contributed by atoms with Crippen LogP contribution in [0, 0.1) is 5.82 Å². The minimum absolute atomic E-state index is 0.0364. The molecule has 0 aliphatic carbocycles. The molecule has 0 saturated heterocycles. The summed E-state index contributed by atoms with van der Waals surface area (Å²) in [6, 6.07) is 19.3. The van der Waals surface area contributed by atoms with Crippen LogP contribution in [0.15, 0.2) is 88.9 Å². The first-order chi connectivity index (χ1) is 18.2. The Hall–Kier alpha value is -4.64. The Labute approximate surface area is 218 Å². The predicted molar refractivity (Wildman–Crippen MR) is 142 cm³/mol. The van der Waals surface area contributed by atoms with Crippen molar-refractivity contribution in [3.8, 4) is 17.2 Å². The van der Waals surface area contributed by atoms with Crippen LogP contribution in [0.3, 0.4) is 0 Å². The van der Waals surface area contributed by atoms with Gasteiger partial charge in [0.25, 0.3) is 15.9 Å². The molecule has 0 radical (unpaired) electrons. The zero-order valence-corrected chi connectivity index (χ0v) is 21.3. The molecule has 0 saturated carbocycles. The molecular weight excluding hydrogens is 513 g/mol. The third kappa shape index (κ3) is 5.52. The van der Waals surface area contributed by atoms with Crippen molar-refractivity contribution in [3.05, 3.63) is 90.2 Å². The van der Waals surface area contributed by atoms with Crippen LogP contribution in [0.5, 0.6) is 17.2 Å². The summed E-state index contributed by atoms with van der Waals surface area (Å²) in [5, 5.41) is 15.8. The number of methoxy groups -OCH3 is 2. The minimum Gasteiger partial charge on any atom is -0.507 e. The number of benzene rings is 4. The molecule has 0 spiro atoms. The number of hydrazone groups is 1. The van der Waals surface area contributed by atoms with Gasteiger partial charge in [0.1, 0.15) is 18.1 Å². The average Bonchev–Trinajstić information content (AvgIpc) is 2.93. The van der Waals surface area contributed by atoms with Gasteiger partial charge >= 0.3 is 0 Å². The molecule has 2 N–H and O–H groups in total. The summed E-state index contributed by atoms with van der Waals surface area (Å²) in [5.41, 5.74) is 2.74. The second-order valence-corrected chi connectivity index (χ2v) is 9.88. The Balaban J connectivity index is 1.62. The van der Waals surface area contributed by atoms with Crippen LogP contribution in [0.25, 0.3) is 10.8 Å². The predicted octanol–water partition coefficient (Wildman–Crippen LogP) is 4.05. The zero-order chi connectivity index (χ0) is 27.3.